The van der Waals surface area contributed by atoms with Crippen LogP contribution in [0, 0.1) is 0 Å². The van der Waals surface area contributed by atoms with E-state index in [0.717, 1.165) is 5.69 Å². The molecule has 1 aromatic heterocycles. The maximum Gasteiger partial charge on any atom is 0.410 e. The molecule has 23 heavy (non-hydrogen) atoms. The highest BCUT2D eigenvalue weighted by atomic mass is 16.6. The van der Waals surface area contributed by atoms with Crippen molar-refractivity contribution in [2.75, 3.05) is 13.1 Å². The first-order valence-electron chi connectivity index (χ1n) is 8.08. The first kappa shape index (κ1) is 17.3. The van der Waals surface area contributed by atoms with Gasteiger partial charge in [-0.05, 0) is 25.8 Å². The normalized spacial score (nSPS) is 16.0. The van der Waals surface area contributed by atoms with E-state index in [2.05, 4.69) is 10.2 Å². The molecule has 7 nitrogen and oxygen atoms in total. The highest BCUT2D eigenvalue weighted by molar-refractivity contribution is 5.87. The molecule has 1 aliphatic heterocycles. The third-order valence-electron chi connectivity index (χ3n) is 3.74. The number of ether oxygens (including phenoxy) is 2. The van der Waals surface area contributed by atoms with Crippen LogP contribution >= 0.6 is 0 Å². The van der Waals surface area contributed by atoms with Gasteiger partial charge in [0.15, 0.2) is 5.69 Å². The Morgan fingerprint density at radius 3 is 2.43 bits per heavy atom. The summed E-state index contributed by atoms with van der Waals surface area (Å²) in [6, 6.07) is 1.72. The van der Waals surface area contributed by atoms with Gasteiger partial charge in [-0.15, -0.1) is 0 Å². The van der Waals surface area contributed by atoms with Gasteiger partial charge in [-0.1, -0.05) is 13.8 Å². The standard InChI is InChI=1S/C16H25N3O4/c1-10(2)13-9-14(18-17-13)15(20)23-12-5-7-19(8-6-12)16(21)22-11(3)4/h9-12H,5-8H2,1-4H3,(H,17,18). The Bertz CT molecular complexity index is 545. The van der Waals surface area contributed by atoms with Crippen LogP contribution in [0.3, 0.4) is 0 Å². The molecule has 128 valence electrons. The van der Waals surface area contributed by atoms with E-state index in [1.807, 2.05) is 27.7 Å². The molecular weight excluding hydrogens is 298 g/mol. The smallest absolute Gasteiger partial charge is 0.410 e. The fourth-order valence-electron chi connectivity index (χ4n) is 2.38. The van der Waals surface area contributed by atoms with Crippen LogP contribution in [-0.4, -0.2) is 52.5 Å². The van der Waals surface area contributed by atoms with Crippen molar-refractivity contribution in [1.82, 2.24) is 15.1 Å². The molecular formula is C16H25N3O4. The second-order valence-corrected chi connectivity index (χ2v) is 6.39. The highest BCUT2D eigenvalue weighted by Crippen LogP contribution is 2.18. The molecule has 0 saturated carbocycles. The molecule has 2 heterocycles. The summed E-state index contributed by atoms with van der Waals surface area (Å²) in [5, 5.41) is 6.84. The third-order valence-corrected chi connectivity index (χ3v) is 3.74. The quantitative estimate of drug-likeness (QED) is 0.861. The molecule has 0 radical (unpaired) electrons. The fraction of sp³-hybridized carbons (Fsp3) is 0.688. The second kappa shape index (κ2) is 7.48. The number of piperidine rings is 1. The lowest BCUT2D eigenvalue weighted by molar-refractivity contribution is 0.00762. The molecule has 1 saturated heterocycles. The maximum atomic E-state index is 12.1. The summed E-state index contributed by atoms with van der Waals surface area (Å²) in [4.78, 5) is 25.6. The van der Waals surface area contributed by atoms with Gasteiger partial charge in [-0.3, -0.25) is 5.10 Å². The van der Waals surface area contributed by atoms with Crippen molar-refractivity contribution in [2.45, 2.75) is 58.7 Å². The number of amides is 1. The lowest BCUT2D eigenvalue weighted by atomic mass is 10.1. The minimum atomic E-state index is -0.420. The number of H-pyrrole nitrogens is 1. The molecule has 2 rings (SSSR count). The van der Waals surface area contributed by atoms with Crippen LogP contribution in [0.1, 0.15) is 62.6 Å². The summed E-state index contributed by atoms with van der Waals surface area (Å²) in [6.45, 7) is 8.75. The predicted molar refractivity (Wildman–Crippen MR) is 84.3 cm³/mol. The Kier molecular flexibility index (Phi) is 5.63. The Morgan fingerprint density at radius 2 is 1.91 bits per heavy atom. The zero-order chi connectivity index (χ0) is 17.0. The molecule has 0 spiro atoms. The van der Waals surface area contributed by atoms with Crippen LogP contribution in [-0.2, 0) is 9.47 Å². The predicted octanol–water partition coefficient (Wildman–Crippen LogP) is 2.70. The fourth-order valence-corrected chi connectivity index (χ4v) is 2.38. The summed E-state index contributed by atoms with van der Waals surface area (Å²) < 4.78 is 10.6. The van der Waals surface area contributed by atoms with Crippen LogP contribution in [0.2, 0.25) is 0 Å². The molecule has 0 unspecified atom stereocenters. The van der Waals surface area contributed by atoms with E-state index in [1.54, 1.807) is 11.0 Å². The van der Waals surface area contributed by atoms with Gasteiger partial charge < -0.3 is 14.4 Å². The SMILES string of the molecule is CC(C)OC(=O)N1CCC(OC(=O)c2cc(C(C)C)[nH]n2)CC1. The van der Waals surface area contributed by atoms with Crippen molar-refractivity contribution < 1.29 is 19.1 Å². The summed E-state index contributed by atoms with van der Waals surface area (Å²) >= 11 is 0. The molecule has 1 aliphatic rings. The lowest BCUT2D eigenvalue weighted by Crippen LogP contribution is -2.42. The van der Waals surface area contributed by atoms with E-state index in [4.69, 9.17) is 9.47 Å². The van der Waals surface area contributed by atoms with Crippen molar-refractivity contribution >= 4 is 12.1 Å². The van der Waals surface area contributed by atoms with E-state index >= 15 is 0 Å². The van der Waals surface area contributed by atoms with Gasteiger partial charge in [0.1, 0.15) is 6.10 Å². The Hall–Kier alpha value is -2.05. The largest absolute Gasteiger partial charge is 0.457 e. The number of aromatic amines is 1. The number of carbonyl (C=O) groups is 2. The van der Waals surface area contributed by atoms with E-state index in [0.29, 0.717) is 31.6 Å². The number of esters is 1. The molecule has 7 heteroatoms. The van der Waals surface area contributed by atoms with Gasteiger partial charge in [0.25, 0.3) is 0 Å². The molecule has 1 aromatic rings. The lowest BCUT2D eigenvalue weighted by Gasteiger charge is -2.31. The van der Waals surface area contributed by atoms with E-state index in [9.17, 15) is 9.59 Å². The van der Waals surface area contributed by atoms with Crippen LogP contribution in [0.25, 0.3) is 0 Å². The maximum absolute atomic E-state index is 12.1. The zero-order valence-electron chi connectivity index (χ0n) is 14.2. The minimum absolute atomic E-state index is 0.132. The minimum Gasteiger partial charge on any atom is -0.457 e. The van der Waals surface area contributed by atoms with Crippen LogP contribution in [0.15, 0.2) is 6.07 Å². The summed E-state index contributed by atoms with van der Waals surface area (Å²) in [5.41, 5.74) is 1.21. The van der Waals surface area contributed by atoms with Gasteiger partial charge in [0.05, 0.1) is 6.10 Å². The summed E-state index contributed by atoms with van der Waals surface area (Å²) in [5.74, 6) is -0.143. The molecule has 0 aromatic carbocycles. The molecule has 0 bridgehead atoms. The van der Waals surface area contributed by atoms with Gasteiger partial charge in [-0.25, -0.2) is 9.59 Å². The van der Waals surface area contributed by atoms with E-state index in [-0.39, 0.29) is 24.2 Å². The van der Waals surface area contributed by atoms with Crippen LogP contribution in [0.5, 0.6) is 0 Å². The average Bonchev–Trinajstić information content (AvgIpc) is 2.97. The first-order chi connectivity index (χ1) is 10.9. The topological polar surface area (TPSA) is 84.5 Å². The van der Waals surface area contributed by atoms with Gasteiger partial charge in [0, 0.05) is 31.6 Å². The van der Waals surface area contributed by atoms with Crippen LogP contribution < -0.4 is 0 Å². The van der Waals surface area contributed by atoms with Crippen molar-refractivity contribution in [3.63, 3.8) is 0 Å². The van der Waals surface area contributed by atoms with Crippen molar-refractivity contribution in [3.8, 4) is 0 Å². The van der Waals surface area contributed by atoms with Crippen molar-refractivity contribution in [1.29, 1.82) is 0 Å². The number of hydrogen-bond acceptors (Lipinski definition) is 5. The zero-order valence-corrected chi connectivity index (χ0v) is 14.2. The number of rotatable bonds is 4. The highest BCUT2D eigenvalue weighted by Gasteiger charge is 2.27. The molecule has 0 atom stereocenters. The third kappa shape index (κ3) is 4.71. The molecule has 0 aliphatic carbocycles. The van der Waals surface area contributed by atoms with E-state index in [1.165, 1.54) is 0 Å². The molecule has 1 amide bonds. The monoisotopic (exact) mass is 323 g/mol. The van der Waals surface area contributed by atoms with Crippen LogP contribution in [0.4, 0.5) is 4.79 Å². The number of aromatic nitrogens is 2. The van der Waals surface area contributed by atoms with E-state index < -0.39 is 5.97 Å². The average molecular weight is 323 g/mol. The first-order valence-corrected chi connectivity index (χ1v) is 8.08. The Balaban J connectivity index is 1.81. The number of carbonyl (C=O) groups excluding carboxylic acids is 2. The Labute approximate surface area is 136 Å². The van der Waals surface area contributed by atoms with Gasteiger partial charge in [-0.2, -0.15) is 5.10 Å². The van der Waals surface area contributed by atoms with Gasteiger partial charge >= 0.3 is 12.1 Å². The van der Waals surface area contributed by atoms with Crippen molar-refractivity contribution in [2.24, 2.45) is 0 Å². The number of nitrogens with one attached hydrogen (secondary N) is 1. The Morgan fingerprint density at radius 1 is 1.26 bits per heavy atom. The molecule has 1 N–H and O–H groups in total. The second-order valence-electron chi connectivity index (χ2n) is 6.39. The number of nitrogens with zero attached hydrogens (tertiary/aromatic N) is 2. The number of hydrogen-bond donors (Lipinski definition) is 1. The summed E-state index contributed by atoms with van der Waals surface area (Å²) in [6.07, 6.45) is 0.595. The van der Waals surface area contributed by atoms with Crippen molar-refractivity contribution in [3.05, 3.63) is 17.5 Å². The van der Waals surface area contributed by atoms with Gasteiger partial charge in [0.2, 0.25) is 0 Å². The summed E-state index contributed by atoms with van der Waals surface area (Å²) in [7, 11) is 0. The molecule has 1 fully saturated rings. The number of likely N-dealkylation sites (tertiary alicyclic amines) is 1.